The van der Waals surface area contributed by atoms with Crippen molar-refractivity contribution in [1.29, 1.82) is 0 Å². The SMILES string of the molecule is Cc1cc(C(C)Nc2cccc(OC(F)(F)F)c2)c(C)s1. The topological polar surface area (TPSA) is 21.3 Å². The number of rotatable bonds is 4. The predicted octanol–water partition coefficient (Wildman–Crippen LogP) is 5.44. The van der Waals surface area contributed by atoms with E-state index in [4.69, 9.17) is 0 Å². The molecule has 1 heterocycles. The van der Waals surface area contributed by atoms with Gasteiger partial charge in [0.2, 0.25) is 0 Å². The molecule has 0 radical (unpaired) electrons. The molecule has 0 aliphatic carbocycles. The number of anilines is 1. The van der Waals surface area contributed by atoms with Gasteiger partial charge < -0.3 is 10.1 Å². The lowest BCUT2D eigenvalue weighted by molar-refractivity contribution is -0.274. The molecule has 0 aliphatic heterocycles. The Morgan fingerprint density at radius 3 is 2.48 bits per heavy atom. The van der Waals surface area contributed by atoms with E-state index in [0.717, 1.165) is 5.56 Å². The van der Waals surface area contributed by atoms with Crippen molar-refractivity contribution in [3.05, 3.63) is 45.6 Å². The maximum Gasteiger partial charge on any atom is 0.573 e. The summed E-state index contributed by atoms with van der Waals surface area (Å²) in [6.45, 7) is 6.05. The molecular weight excluding hydrogens is 299 g/mol. The summed E-state index contributed by atoms with van der Waals surface area (Å²) in [7, 11) is 0. The minimum Gasteiger partial charge on any atom is -0.406 e. The summed E-state index contributed by atoms with van der Waals surface area (Å²) in [6, 6.07) is 7.97. The van der Waals surface area contributed by atoms with E-state index in [0.29, 0.717) is 5.69 Å². The highest BCUT2D eigenvalue weighted by atomic mass is 32.1. The molecule has 0 saturated carbocycles. The van der Waals surface area contributed by atoms with Crippen molar-refractivity contribution in [3.8, 4) is 5.75 Å². The maximum atomic E-state index is 12.2. The van der Waals surface area contributed by atoms with Crippen LogP contribution in [0.1, 0.15) is 28.3 Å². The van der Waals surface area contributed by atoms with Crippen LogP contribution in [0.5, 0.6) is 5.75 Å². The van der Waals surface area contributed by atoms with Gasteiger partial charge in [0.15, 0.2) is 0 Å². The smallest absolute Gasteiger partial charge is 0.406 e. The average molecular weight is 315 g/mol. The number of hydrogen-bond acceptors (Lipinski definition) is 3. The Morgan fingerprint density at radius 2 is 1.90 bits per heavy atom. The summed E-state index contributed by atoms with van der Waals surface area (Å²) >= 11 is 1.71. The lowest BCUT2D eigenvalue weighted by Gasteiger charge is -2.16. The van der Waals surface area contributed by atoms with Gasteiger partial charge in [-0.2, -0.15) is 0 Å². The van der Waals surface area contributed by atoms with E-state index < -0.39 is 6.36 Å². The first-order valence-corrected chi connectivity index (χ1v) is 7.25. The Morgan fingerprint density at radius 1 is 1.19 bits per heavy atom. The quantitative estimate of drug-likeness (QED) is 0.811. The van der Waals surface area contributed by atoms with E-state index in [9.17, 15) is 13.2 Å². The van der Waals surface area contributed by atoms with Crippen molar-refractivity contribution in [2.75, 3.05) is 5.32 Å². The first-order chi connectivity index (χ1) is 9.74. The highest BCUT2D eigenvalue weighted by molar-refractivity contribution is 7.12. The number of benzene rings is 1. The maximum absolute atomic E-state index is 12.2. The van der Waals surface area contributed by atoms with Gasteiger partial charge in [-0.05, 0) is 44.5 Å². The number of aryl methyl sites for hydroxylation is 2. The number of nitrogens with one attached hydrogen (secondary N) is 1. The lowest BCUT2D eigenvalue weighted by atomic mass is 10.1. The highest BCUT2D eigenvalue weighted by Crippen LogP contribution is 2.30. The van der Waals surface area contributed by atoms with Gasteiger partial charge in [-0.1, -0.05) is 6.07 Å². The molecule has 1 N–H and O–H groups in total. The summed E-state index contributed by atoms with van der Waals surface area (Å²) in [5, 5.41) is 3.20. The van der Waals surface area contributed by atoms with Crippen LogP contribution in [0.3, 0.4) is 0 Å². The van der Waals surface area contributed by atoms with Crippen LogP contribution in [-0.4, -0.2) is 6.36 Å². The van der Waals surface area contributed by atoms with Gasteiger partial charge in [0, 0.05) is 27.5 Å². The van der Waals surface area contributed by atoms with Crippen LogP contribution in [0.15, 0.2) is 30.3 Å². The second-order valence-electron chi connectivity index (χ2n) is 4.81. The van der Waals surface area contributed by atoms with Crippen molar-refractivity contribution < 1.29 is 17.9 Å². The molecule has 1 unspecified atom stereocenters. The predicted molar refractivity (Wildman–Crippen MR) is 79.0 cm³/mol. The molecule has 1 atom stereocenters. The van der Waals surface area contributed by atoms with Crippen LogP contribution >= 0.6 is 11.3 Å². The molecule has 114 valence electrons. The molecule has 1 aromatic carbocycles. The van der Waals surface area contributed by atoms with E-state index in [1.54, 1.807) is 17.4 Å². The van der Waals surface area contributed by atoms with Crippen LogP contribution in [0.4, 0.5) is 18.9 Å². The molecule has 0 spiro atoms. The second kappa shape index (κ2) is 5.97. The highest BCUT2D eigenvalue weighted by Gasteiger charge is 2.31. The summed E-state index contributed by atoms with van der Waals surface area (Å²) in [6.07, 6.45) is -4.68. The molecular formula is C15H16F3NOS. The zero-order chi connectivity index (χ0) is 15.6. The van der Waals surface area contributed by atoms with Gasteiger partial charge in [0.1, 0.15) is 5.75 Å². The molecule has 6 heteroatoms. The molecule has 0 amide bonds. The van der Waals surface area contributed by atoms with E-state index in [1.807, 2.05) is 20.8 Å². The largest absolute Gasteiger partial charge is 0.573 e. The zero-order valence-corrected chi connectivity index (χ0v) is 12.7. The van der Waals surface area contributed by atoms with Crippen molar-refractivity contribution in [1.82, 2.24) is 0 Å². The van der Waals surface area contributed by atoms with Gasteiger partial charge in [-0.15, -0.1) is 24.5 Å². The molecule has 0 fully saturated rings. The number of alkyl halides is 3. The van der Waals surface area contributed by atoms with Gasteiger partial charge in [-0.25, -0.2) is 0 Å². The minimum absolute atomic E-state index is 0.0103. The molecule has 21 heavy (non-hydrogen) atoms. The fraction of sp³-hybridized carbons (Fsp3) is 0.333. The van der Waals surface area contributed by atoms with Crippen LogP contribution in [-0.2, 0) is 0 Å². The van der Waals surface area contributed by atoms with E-state index in [2.05, 4.69) is 16.1 Å². The Hall–Kier alpha value is -1.69. The van der Waals surface area contributed by atoms with Gasteiger partial charge >= 0.3 is 6.36 Å². The normalized spacial score (nSPS) is 13.0. The summed E-state index contributed by atoms with van der Waals surface area (Å²) in [5.74, 6) is -0.224. The molecule has 0 bridgehead atoms. The van der Waals surface area contributed by atoms with Crippen molar-refractivity contribution in [2.24, 2.45) is 0 Å². The van der Waals surface area contributed by atoms with E-state index in [1.165, 1.54) is 28.0 Å². The molecule has 2 rings (SSSR count). The molecule has 0 aliphatic rings. The lowest BCUT2D eigenvalue weighted by Crippen LogP contribution is -2.17. The zero-order valence-electron chi connectivity index (χ0n) is 11.9. The van der Waals surface area contributed by atoms with Crippen molar-refractivity contribution >= 4 is 17.0 Å². The number of thiophene rings is 1. The second-order valence-corrected chi connectivity index (χ2v) is 6.27. The molecule has 2 nitrogen and oxygen atoms in total. The van der Waals surface area contributed by atoms with Crippen LogP contribution < -0.4 is 10.1 Å². The Labute approximate surface area is 125 Å². The number of halogens is 3. The van der Waals surface area contributed by atoms with Gasteiger partial charge in [0.25, 0.3) is 0 Å². The standard InChI is InChI=1S/C15H16F3NOS/c1-9-7-14(11(3)21-9)10(2)19-12-5-4-6-13(8-12)20-15(16,17)18/h4-8,10,19H,1-3H3. The summed E-state index contributed by atoms with van der Waals surface area (Å²) < 4.78 is 40.6. The fourth-order valence-electron chi connectivity index (χ4n) is 2.19. The third kappa shape index (κ3) is 4.39. The van der Waals surface area contributed by atoms with E-state index >= 15 is 0 Å². The van der Waals surface area contributed by atoms with Gasteiger partial charge in [0.05, 0.1) is 0 Å². The minimum atomic E-state index is -4.68. The average Bonchev–Trinajstić information content (AvgIpc) is 2.66. The van der Waals surface area contributed by atoms with Crippen molar-refractivity contribution in [3.63, 3.8) is 0 Å². The van der Waals surface area contributed by atoms with Gasteiger partial charge in [-0.3, -0.25) is 0 Å². The van der Waals surface area contributed by atoms with E-state index in [-0.39, 0.29) is 11.8 Å². The number of ether oxygens (including phenoxy) is 1. The first-order valence-electron chi connectivity index (χ1n) is 6.44. The fourth-order valence-corrected chi connectivity index (χ4v) is 3.21. The molecule has 0 saturated heterocycles. The Kier molecular flexibility index (Phi) is 4.46. The third-order valence-electron chi connectivity index (χ3n) is 3.00. The first kappa shape index (κ1) is 15.7. The Balaban J connectivity index is 2.12. The Bertz CT molecular complexity index is 622. The summed E-state index contributed by atoms with van der Waals surface area (Å²) in [5.41, 5.74) is 1.74. The molecule has 1 aromatic heterocycles. The molecule has 2 aromatic rings. The van der Waals surface area contributed by atoms with Crippen molar-refractivity contribution in [2.45, 2.75) is 33.2 Å². The van der Waals surface area contributed by atoms with Crippen LogP contribution in [0.25, 0.3) is 0 Å². The van der Waals surface area contributed by atoms with Crippen LogP contribution in [0.2, 0.25) is 0 Å². The number of hydrogen-bond donors (Lipinski definition) is 1. The summed E-state index contributed by atoms with van der Waals surface area (Å²) in [4.78, 5) is 2.42. The van der Waals surface area contributed by atoms with Crippen LogP contribution in [0, 0.1) is 13.8 Å². The monoisotopic (exact) mass is 315 g/mol. The third-order valence-corrected chi connectivity index (χ3v) is 3.98.